The zero-order valence-electron chi connectivity index (χ0n) is 9.23. The van der Waals surface area contributed by atoms with Gasteiger partial charge in [0.25, 0.3) is 0 Å². The third-order valence-corrected chi connectivity index (χ3v) is 3.35. The van der Waals surface area contributed by atoms with Crippen LogP contribution in [0.3, 0.4) is 0 Å². The molecule has 0 spiro atoms. The Kier molecular flexibility index (Phi) is 4.50. The van der Waals surface area contributed by atoms with Crippen molar-refractivity contribution in [2.24, 2.45) is 5.73 Å². The largest absolute Gasteiger partial charge is 0.374 e. The summed E-state index contributed by atoms with van der Waals surface area (Å²) in [5, 5.41) is 3.71. The molecular formula is C12H13ClN2OS. The van der Waals surface area contributed by atoms with E-state index in [1.807, 2.05) is 29.6 Å². The third kappa shape index (κ3) is 3.51. The molecule has 0 saturated heterocycles. The molecule has 5 heteroatoms. The lowest BCUT2D eigenvalue weighted by Crippen LogP contribution is -2.08. The van der Waals surface area contributed by atoms with Crippen molar-refractivity contribution in [1.29, 1.82) is 0 Å². The fraction of sp³-hybridized carbons (Fsp3) is 0.250. The molecular weight excluding hydrogens is 256 g/mol. The summed E-state index contributed by atoms with van der Waals surface area (Å²) in [6, 6.07) is 7.66. The normalized spacial score (nSPS) is 10.7. The second-order valence-corrected chi connectivity index (χ2v) is 4.79. The Morgan fingerprint density at radius 2 is 2.06 bits per heavy atom. The molecule has 2 aromatic rings. The maximum atomic E-state index is 5.84. The molecule has 2 N–H and O–H groups in total. The molecule has 0 unspecified atom stereocenters. The Labute approximate surface area is 109 Å². The monoisotopic (exact) mass is 268 g/mol. The third-order valence-electron chi connectivity index (χ3n) is 2.16. The highest BCUT2D eigenvalue weighted by Gasteiger charge is 2.04. The number of aromatic nitrogens is 1. The fourth-order valence-electron chi connectivity index (χ4n) is 1.36. The molecule has 2 rings (SSSR count). The summed E-state index contributed by atoms with van der Waals surface area (Å²) < 4.78 is 5.34. The quantitative estimate of drug-likeness (QED) is 0.848. The van der Waals surface area contributed by atoms with Gasteiger partial charge in [-0.15, -0.1) is 11.3 Å². The Bertz CT molecular complexity index is 470. The second kappa shape index (κ2) is 6.12. The predicted octanol–water partition coefficient (Wildman–Crippen LogP) is 2.94. The van der Waals surface area contributed by atoms with Crippen LogP contribution in [0.25, 0.3) is 10.6 Å². The van der Waals surface area contributed by atoms with Crippen LogP contribution in [0.5, 0.6) is 0 Å². The number of hydrogen-bond donors (Lipinski definition) is 1. The van der Waals surface area contributed by atoms with Crippen LogP contribution in [0.15, 0.2) is 29.6 Å². The first-order chi connectivity index (χ1) is 8.29. The summed E-state index contributed by atoms with van der Waals surface area (Å²) in [4.78, 5) is 4.49. The van der Waals surface area contributed by atoms with Crippen LogP contribution in [0.2, 0.25) is 5.02 Å². The number of thiazole rings is 1. The highest BCUT2D eigenvalue weighted by atomic mass is 35.5. The first kappa shape index (κ1) is 12.5. The molecule has 0 amide bonds. The summed E-state index contributed by atoms with van der Waals surface area (Å²) in [5.41, 5.74) is 7.36. The molecule has 90 valence electrons. The number of ether oxygens (including phenoxy) is 1. The number of benzene rings is 1. The molecule has 1 heterocycles. The minimum atomic E-state index is 0.515. The summed E-state index contributed by atoms with van der Waals surface area (Å²) in [5.74, 6) is 0. The number of halogens is 1. The summed E-state index contributed by atoms with van der Waals surface area (Å²) in [7, 11) is 0. The average Bonchev–Trinajstić information content (AvgIpc) is 2.79. The van der Waals surface area contributed by atoms with Crippen molar-refractivity contribution in [2.45, 2.75) is 6.61 Å². The van der Waals surface area contributed by atoms with E-state index in [0.29, 0.717) is 19.8 Å². The van der Waals surface area contributed by atoms with Crippen LogP contribution in [0.4, 0.5) is 0 Å². The van der Waals surface area contributed by atoms with Crippen molar-refractivity contribution in [2.75, 3.05) is 13.2 Å². The number of rotatable bonds is 5. The molecule has 0 aliphatic heterocycles. The van der Waals surface area contributed by atoms with Crippen LogP contribution >= 0.6 is 22.9 Å². The van der Waals surface area contributed by atoms with Crippen molar-refractivity contribution in [3.63, 3.8) is 0 Å². The number of hydrogen-bond acceptors (Lipinski definition) is 4. The van der Waals surface area contributed by atoms with E-state index in [1.165, 1.54) is 0 Å². The number of nitrogens with zero attached hydrogens (tertiary/aromatic N) is 1. The van der Waals surface area contributed by atoms with Gasteiger partial charge in [-0.1, -0.05) is 23.7 Å². The lowest BCUT2D eigenvalue weighted by Gasteiger charge is -1.98. The van der Waals surface area contributed by atoms with E-state index >= 15 is 0 Å². The van der Waals surface area contributed by atoms with Gasteiger partial charge in [-0.25, -0.2) is 4.98 Å². The predicted molar refractivity (Wildman–Crippen MR) is 71.3 cm³/mol. The van der Waals surface area contributed by atoms with Crippen molar-refractivity contribution in [3.8, 4) is 10.6 Å². The molecule has 1 aromatic carbocycles. The maximum Gasteiger partial charge on any atom is 0.123 e. The van der Waals surface area contributed by atoms with Gasteiger partial charge in [-0.2, -0.15) is 0 Å². The Balaban J connectivity index is 2.04. The molecule has 0 atom stereocenters. The van der Waals surface area contributed by atoms with E-state index in [0.717, 1.165) is 21.3 Å². The lowest BCUT2D eigenvalue weighted by molar-refractivity contribution is 0.126. The van der Waals surface area contributed by atoms with Crippen LogP contribution in [-0.4, -0.2) is 18.1 Å². The van der Waals surface area contributed by atoms with Crippen LogP contribution < -0.4 is 5.73 Å². The molecule has 1 aromatic heterocycles. The van der Waals surface area contributed by atoms with Gasteiger partial charge < -0.3 is 10.5 Å². The lowest BCUT2D eigenvalue weighted by atomic mass is 10.2. The smallest absolute Gasteiger partial charge is 0.123 e. The number of nitrogens with two attached hydrogens (primary N) is 1. The minimum absolute atomic E-state index is 0.515. The van der Waals surface area contributed by atoms with Crippen LogP contribution in [0.1, 0.15) is 5.69 Å². The van der Waals surface area contributed by atoms with Gasteiger partial charge in [0.1, 0.15) is 5.01 Å². The topological polar surface area (TPSA) is 48.1 Å². The Morgan fingerprint density at radius 1 is 1.29 bits per heavy atom. The van der Waals surface area contributed by atoms with Crippen molar-refractivity contribution >= 4 is 22.9 Å². The highest BCUT2D eigenvalue weighted by molar-refractivity contribution is 7.13. The van der Waals surface area contributed by atoms with E-state index in [1.54, 1.807) is 11.3 Å². The first-order valence-electron chi connectivity index (χ1n) is 5.28. The van der Waals surface area contributed by atoms with Crippen molar-refractivity contribution in [3.05, 3.63) is 40.4 Å². The zero-order chi connectivity index (χ0) is 12.1. The van der Waals surface area contributed by atoms with Gasteiger partial charge >= 0.3 is 0 Å². The standard InChI is InChI=1S/C12H13ClN2OS/c13-10-3-1-9(2-4-10)12-15-11(8-17-12)7-16-6-5-14/h1-4,8H,5-7,14H2. The summed E-state index contributed by atoms with van der Waals surface area (Å²) in [6.07, 6.45) is 0. The van der Waals surface area contributed by atoms with E-state index < -0.39 is 0 Å². The van der Waals surface area contributed by atoms with Gasteiger partial charge in [0, 0.05) is 22.5 Å². The van der Waals surface area contributed by atoms with E-state index in [2.05, 4.69) is 4.98 Å². The molecule has 3 nitrogen and oxygen atoms in total. The maximum absolute atomic E-state index is 5.84. The molecule has 17 heavy (non-hydrogen) atoms. The molecule has 0 radical (unpaired) electrons. The van der Waals surface area contributed by atoms with Crippen molar-refractivity contribution < 1.29 is 4.74 Å². The molecule has 0 bridgehead atoms. The van der Waals surface area contributed by atoms with Gasteiger partial charge in [0.05, 0.1) is 18.9 Å². The first-order valence-corrected chi connectivity index (χ1v) is 6.53. The zero-order valence-corrected chi connectivity index (χ0v) is 10.8. The van der Waals surface area contributed by atoms with Gasteiger partial charge in [0.2, 0.25) is 0 Å². The molecule has 0 saturated carbocycles. The molecule has 0 aliphatic carbocycles. The molecule has 0 fully saturated rings. The summed E-state index contributed by atoms with van der Waals surface area (Å²) in [6.45, 7) is 1.61. The van der Waals surface area contributed by atoms with Crippen molar-refractivity contribution in [1.82, 2.24) is 4.98 Å². The van der Waals surface area contributed by atoms with E-state index in [4.69, 9.17) is 22.1 Å². The summed E-state index contributed by atoms with van der Waals surface area (Å²) >= 11 is 7.44. The Morgan fingerprint density at radius 3 is 2.76 bits per heavy atom. The minimum Gasteiger partial charge on any atom is -0.374 e. The van der Waals surface area contributed by atoms with Gasteiger partial charge in [-0.05, 0) is 12.1 Å². The van der Waals surface area contributed by atoms with E-state index in [9.17, 15) is 0 Å². The second-order valence-electron chi connectivity index (χ2n) is 3.49. The SMILES string of the molecule is NCCOCc1csc(-c2ccc(Cl)cc2)n1. The Hall–Kier alpha value is -0.940. The van der Waals surface area contributed by atoms with E-state index in [-0.39, 0.29) is 0 Å². The van der Waals surface area contributed by atoms with Gasteiger partial charge in [-0.3, -0.25) is 0 Å². The average molecular weight is 269 g/mol. The van der Waals surface area contributed by atoms with Crippen LogP contribution in [-0.2, 0) is 11.3 Å². The van der Waals surface area contributed by atoms with Crippen LogP contribution in [0, 0.1) is 0 Å². The molecule has 0 aliphatic rings. The highest BCUT2D eigenvalue weighted by Crippen LogP contribution is 2.25. The van der Waals surface area contributed by atoms with Gasteiger partial charge in [0.15, 0.2) is 0 Å². The fourth-order valence-corrected chi connectivity index (χ4v) is 2.29.